The summed E-state index contributed by atoms with van der Waals surface area (Å²) >= 11 is 0. The average Bonchev–Trinajstić information content (AvgIpc) is 2.97. The van der Waals surface area contributed by atoms with Crippen LogP contribution in [0.15, 0.2) is 47.6 Å². The number of hydrogen-bond donors (Lipinski definition) is 2. The summed E-state index contributed by atoms with van der Waals surface area (Å²) in [5, 5.41) is 4.68. The summed E-state index contributed by atoms with van der Waals surface area (Å²) < 4.78 is 45.0. The molecule has 0 bridgehead atoms. The Labute approximate surface area is 180 Å². The van der Waals surface area contributed by atoms with Crippen LogP contribution in [0.25, 0.3) is 0 Å². The van der Waals surface area contributed by atoms with Crippen molar-refractivity contribution in [1.29, 1.82) is 0 Å². The summed E-state index contributed by atoms with van der Waals surface area (Å²) in [7, 11) is 1.33. The van der Waals surface area contributed by atoms with Gasteiger partial charge in [0.2, 0.25) is 0 Å². The molecule has 0 saturated carbocycles. The minimum atomic E-state index is -3.33. The standard InChI is InChI=1S/C22H33F3N3OP/c1-6-15(3)16(4)8-7-14(2)13-26-21-20(23)17(5)28(27-21)18-9-11-19(12-10-18)29-22(24,25)30/h9-13,15-16,21,26-27H,6-8,30H2,1-5H3/b14-13-. The van der Waals surface area contributed by atoms with Crippen LogP contribution in [0.1, 0.15) is 53.9 Å². The average molecular weight is 443 g/mol. The molecule has 4 nitrogen and oxygen atoms in total. The molecule has 0 aromatic heterocycles. The number of nitrogens with zero attached hydrogens (tertiary/aromatic N) is 1. The zero-order valence-corrected chi connectivity index (χ0v) is 19.5. The molecule has 1 aromatic rings. The van der Waals surface area contributed by atoms with Gasteiger partial charge in [0.25, 0.3) is 0 Å². The summed E-state index contributed by atoms with van der Waals surface area (Å²) in [5.74, 6) is -2.28. The van der Waals surface area contributed by atoms with Crippen LogP contribution in [0.4, 0.5) is 18.9 Å². The highest BCUT2D eigenvalue weighted by molar-refractivity contribution is 7.17. The first kappa shape index (κ1) is 24.5. The van der Waals surface area contributed by atoms with Crippen molar-refractivity contribution >= 4 is 14.9 Å². The molecule has 0 saturated heterocycles. The van der Waals surface area contributed by atoms with E-state index in [1.807, 2.05) is 13.1 Å². The lowest BCUT2D eigenvalue weighted by atomic mass is 9.89. The summed E-state index contributed by atoms with van der Waals surface area (Å²) in [4.78, 5) is 0. The van der Waals surface area contributed by atoms with Gasteiger partial charge in [-0.3, -0.25) is 5.01 Å². The number of allylic oxidation sites excluding steroid dienone is 2. The molecule has 1 heterocycles. The topological polar surface area (TPSA) is 36.5 Å². The molecule has 1 aromatic carbocycles. The Morgan fingerprint density at radius 3 is 2.50 bits per heavy atom. The number of hydrazine groups is 1. The van der Waals surface area contributed by atoms with Crippen molar-refractivity contribution in [2.75, 3.05) is 5.01 Å². The predicted molar refractivity (Wildman–Crippen MR) is 120 cm³/mol. The number of benzene rings is 1. The van der Waals surface area contributed by atoms with E-state index < -0.39 is 12.0 Å². The van der Waals surface area contributed by atoms with Gasteiger partial charge in [0.1, 0.15) is 11.9 Å². The third kappa shape index (κ3) is 6.92. The lowest BCUT2D eigenvalue weighted by molar-refractivity contribution is -0.0892. The highest BCUT2D eigenvalue weighted by Crippen LogP contribution is 2.31. The first-order valence-corrected chi connectivity index (χ1v) is 10.9. The van der Waals surface area contributed by atoms with E-state index in [2.05, 4.69) is 36.3 Å². The lowest BCUT2D eigenvalue weighted by Gasteiger charge is -2.23. The van der Waals surface area contributed by atoms with Crippen LogP contribution in [-0.4, -0.2) is 12.0 Å². The first-order valence-electron chi connectivity index (χ1n) is 10.3. The van der Waals surface area contributed by atoms with Gasteiger partial charge in [-0.2, -0.15) is 8.78 Å². The van der Waals surface area contributed by atoms with Gasteiger partial charge in [-0.05, 0) is 78.2 Å². The molecular formula is C22H33F3N3OP. The molecular weight excluding hydrogens is 410 g/mol. The molecule has 168 valence electrons. The first-order chi connectivity index (χ1) is 14.0. The van der Waals surface area contributed by atoms with E-state index in [1.54, 1.807) is 24.1 Å². The van der Waals surface area contributed by atoms with Crippen LogP contribution in [0.5, 0.6) is 5.75 Å². The fraction of sp³-hybridized carbons (Fsp3) is 0.545. The van der Waals surface area contributed by atoms with Gasteiger partial charge in [-0.15, -0.1) is 0 Å². The molecule has 0 fully saturated rings. The zero-order valence-electron chi connectivity index (χ0n) is 18.3. The SMILES string of the molecule is CCC(C)C(C)CC/C(C)=C\NC1NN(c2ccc(OC(F)(F)P)cc2)C(C)=C1F. The Bertz CT molecular complexity index is 762. The number of hydrogen-bond acceptors (Lipinski definition) is 4. The van der Waals surface area contributed by atoms with Crippen LogP contribution in [-0.2, 0) is 0 Å². The van der Waals surface area contributed by atoms with Crippen LogP contribution < -0.4 is 20.5 Å². The molecule has 4 unspecified atom stereocenters. The van der Waals surface area contributed by atoms with Crippen molar-refractivity contribution in [3.05, 3.63) is 47.6 Å². The maximum atomic E-state index is 14.7. The Kier molecular flexibility index (Phi) is 8.62. The number of anilines is 1. The van der Waals surface area contributed by atoms with E-state index in [1.165, 1.54) is 27.8 Å². The molecule has 8 heteroatoms. The van der Waals surface area contributed by atoms with E-state index >= 15 is 0 Å². The normalized spacial score (nSPS) is 19.8. The van der Waals surface area contributed by atoms with Crippen molar-refractivity contribution < 1.29 is 17.9 Å². The second-order valence-corrected chi connectivity index (χ2v) is 8.72. The molecule has 0 spiro atoms. The number of nitrogens with one attached hydrogen (secondary N) is 2. The van der Waals surface area contributed by atoms with Crippen molar-refractivity contribution in [1.82, 2.24) is 10.7 Å². The Morgan fingerprint density at radius 2 is 1.93 bits per heavy atom. The van der Waals surface area contributed by atoms with Crippen LogP contribution >= 0.6 is 9.24 Å². The minimum absolute atomic E-state index is 0.0277. The van der Waals surface area contributed by atoms with E-state index in [0.29, 0.717) is 23.2 Å². The summed E-state index contributed by atoms with van der Waals surface area (Å²) in [5.41, 5.74) is 5.25. The molecule has 30 heavy (non-hydrogen) atoms. The smallest absolute Gasteiger partial charge is 0.408 e. The van der Waals surface area contributed by atoms with Gasteiger partial charge < -0.3 is 10.1 Å². The van der Waals surface area contributed by atoms with Crippen LogP contribution in [0.2, 0.25) is 0 Å². The second kappa shape index (κ2) is 10.5. The van der Waals surface area contributed by atoms with Gasteiger partial charge in [-0.25, -0.2) is 9.82 Å². The van der Waals surface area contributed by atoms with Crippen molar-refractivity contribution in [3.8, 4) is 5.75 Å². The number of rotatable bonds is 10. The maximum Gasteiger partial charge on any atom is 0.408 e. The Hall–Kier alpha value is -1.72. The molecule has 0 radical (unpaired) electrons. The van der Waals surface area contributed by atoms with Gasteiger partial charge in [0.15, 0.2) is 5.83 Å². The predicted octanol–water partition coefficient (Wildman–Crippen LogP) is 6.30. The number of ether oxygens (including phenoxy) is 1. The van der Waals surface area contributed by atoms with Crippen LogP contribution in [0.3, 0.4) is 0 Å². The quantitative estimate of drug-likeness (QED) is 0.416. The third-order valence-electron chi connectivity index (χ3n) is 5.65. The van der Waals surface area contributed by atoms with E-state index in [0.717, 1.165) is 18.4 Å². The van der Waals surface area contributed by atoms with Gasteiger partial charge in [0, 0.05) is 0 Å². The van der Waals surface area contributed by atoms with E-state index in [9.17, 15) is 13.2 Å². The van der Waals surface area contributed by atoms with Gasteiger partial charge >= 0.3 is 5.85 Å². The molecule has 2 N–H and O–H groups in total. The minimum Gasteiger partial charge on any atom is -0.430 e. The number of halogens is 3. The van der Waals surface area contributed by atoms with Crippen molar-refractivity contribution in [2.45, 2.75) is 65.9 Å². The van der Waals surface area contributed by atoms with E-state index in [-0.39, 0.29) is 11.6 Å². The highest BCUT2D eigenvalue weighted by atomic mass is 31.0. The number of alkyl halides is 2. The third-order valence-corrected chi connectivity index (χ3v) is 5.77. The summed E-state index contributed by atoms with van der Waals surface area (Å²) in [6, 6.07) is 6.03. The summed E-state index contributed by atoms with van der Waals surface area (Å²) in [6.45, 7) is 10.5. The molecule has 1 aliphatic rings. The second-order valence-electron chi connectivity index (χ2n) is 8.05. The van der Waals surface area contributed by atoms with E-state index in [4.69, 9.17) is 0 Å². The monoisotopic (exact) mass is 443 g/mol. The highest BCUT2D eigenvalue weighted by Gasteiger charge is 2.30. The lowest BCUT2D eigenvalue weighted by Crippen LogP contribution is -2.43. The molecule has 0 aliphatic carbocycles. The Morgan fingerprint density at radius 1 is 1.30 bits per heavy atom. The summed E-state index contributed by atoms with van der Waals surface area (Å²) in [6.07, 6.45) is 4.41. The van der Waals surface area contributed by atoms with Crippen molar-refractivity contribution in [2.24, 2.45) is 11.8 Å². The largest absolute Gasteiger partial charge is 0.430 e. The molecule has 1 aliphatic heterocycles. The zero-order chi connectivity index (χ0) is 22.5. The maximum absolute atomic E-state index is 14.7. The fourth-order valence-corrected chi connectivity index (χ4v) is 3.37. The molecule has 2 rings (SSSR count). The Balaban J connectivity index is 1.95. The van der Waals surface area contributed by atoms with Gasteiger partial charge in [-0.1, -0.05) is 32.8 Å². The molecule has 4 atom stereocenters. The van der Waals surface area contributed by atoms with Gasteiger partial charge in [0.05, 0.1) is 11.4 Å². The van der Waals surface area contributed by atoms with Crippen LogP contribution in [0, 0.1) is 11.8 Å². The molecule has 0 amide bonds. The fourth-order valence-electron chi connectivity index (χ4n) is 3.24. The van der Waals surface area contributed by atoms with Crippen molar-refractivity contribution in [3.63, 3.8) is 0 Å².